The van der Waals surface area contributed by atoms with E-state index in [0.717, 1.165) is 12.0 Å². The Hall–Kier alpha value is -1.72. The van der Waals surface area contributed by atoms with Gasteiger partial charge in [-0.15, -0.1) is 0 Å². The summed E-state index contributed by atoms with van der Waals surface area (Å²) in [6.07, 6.45) is 6.34. The van der Waals surface area contributed by atoms with E-state index in [-0.39, 0.29) is 29.7 Å². The summed E-state index contributed by atoms with van der Waals surface area (Å²) in [5.74, 6) is -0.742. The maximum atomic E-state index is 11.4. The summed E-state index contributed by atoms with van der Waals surface area (Å²) in [5.41, 5.74) is 1.06. The third-order valence-electron chi connectivity index (χ3n) is 3.72. The predicted molar refractivity (Wildman–Crippen MR) is 82.2 cm³/mol. The second-order valence-corrected chi connectivity index (χ2v) is 5.67. The van der Waals surface area contributed by atoms with Crippen molar-refractivity contribution < 1.29 is 15.0 Å². The Morgan fingerprint density at radius 2 is 2.10 bits per heavy atom. The molecule has 0 fully saturated rings. The number of aliphatic hydroxyl groups is 2. The van der Waals surface area contributed by atoms with Crippen LogP contribution in [0.1, 0.15) is 27.2 Å². The van der Waals surface area contributed by atoms with Gasteiger partial charge in [0, 0.05) is 24.1 Å². The molecule has 1 aliphatic heterocycles. The number of allylic oxidation sites excluding steroid dienone is 4. The molecule has 0 saturated heterocycles. The molecule has 0 aromatic rings. The summed E-state index contributed by atoms with van der Waals surface area (Å²) >= 11 is 0. The number of dihydropyridines is 1. The lowest BCUT2D eigenvalue weighted by atomic mass is 9.81. The van der Waals surface area contributed by atoms with Crippen LogP contribution in [0.5, 0.6) is 0 Å². The smallest absolute Gasteiger partial charge is 0.269 e. The molecule has 1 heterocycles. The lowest BCUT2D eigenvalue weighted by Gasteiger charge is -2.32. The average molecular weight is 290 g/mol. The second-order valence-electron chi connectivity index (χ2n) is 5.67. The minimum absolute atomic E-state index is 0.0153. The molecule has 2 aliphatic rings. The van der Waals surface area contributed by atoms with Gasteiger partial charge in [-0.2, -0.15) is 0 Å². The summed E-state index contributed by atoms with van der Waals surface area (Å²) in [7, 11) is 0. The highest BCUT2D eigenvalue weighted by atomic mass is 16.3. The van der Waals surface area contributed by atoms with Crippen LogP contribution < -0.4 is 5.32 Å². The van der Waals surface area contributed by atoms with Crippen LogP contribution in [0.4, 0.5) is 0 Å². The third-order valence-corrected chi connectivity index (χ3v) is 3.72. The number of nitrogens with one attached hydrogen (secondary N) is 1. The van der Waals surface area contributed by atoms with Crippen molar-refractivity contribution in [2.75, 3.05) is 0 Å². The SMILES string of the molecule is CC[C@H](NC(C)C)[C@H](O)C1=CC=C(O)C2=NC(=O)C=CC12. The van der Waals surface area contributed by atoms with Crippen LogP contribution >= 0.6 is 0 Å². The minimum Gasteiger partial charge on any atom is -0.506 e. The monoisotopic (exact) mass is 290 g/mol. The van der Waals surface area contributed by atoms with E-state index in [1.807, 2.05) is 20.8 Å². The van der Waals surface area contributed by atoms with Gasteiger partial charge in [0.15, 0.2) is 0 Å². The van der Waals surface area contributed by atoms with E-state index in [9.17, 15) is 15.0 Å². The highest BCUT2D eigenvalue weighted by molar-refractivity contribution is 6.13. The molecule has 1 unspecified atom stereocenters. The Balaban J connectivity index is 2.28. The van der Waals surface area contributed by atoms with Crippen molar-refractivity contribution >= 4 is 11.6 Å². The number of hydrogen-bond acceptors (Lipinski definition) is 4. The van der Waals surface area contributed by atoms with Gasteiger partial charge in [-0.3, -0.25) is 4.79 Å². The molecule has 0 aromatic heterocycles. The second kappa shape index (κ2) is 6.37. The summed E-state index contributed by atoms with van der Waals surface area (Å²) < 4.78 is 0. The number of nitrogens with zero attached hydrogens (tertiary/aromatic N) is 1. The zero-order valence-electron chi connectivity index (χ0n) is 12.6. The molecule has 0 bridgehead atoms. The van der Waals surface area contributed by atoms with E-state index in [4.69, 9.17) is 0 Å². The minimum atomic E-state index is -0.699. The molecule has 21 heavy (non-hydrogen) atoms. The van der Waals surface area contributed by atoms with Gasteiger partial charge in [0.25, 0.3) is 5.91 Å². The molecule has 5 heteroatoms. The molecule has 3 atom stereocenters. The van der Waals surface area contributed by atoms with E-state index in [1.165, 1.54) is 12.2 Å². The quantitative estimate of drug-likeness (QED) is 0.719. The zero-order chi connectivity index (χ0) is 15.6. The first-order valence-electron chi connectivity index (χ1n) is 7.30. The highest BCUT2D eigenvalue weighted by Gasteiger charge is 2.33. The number of carbonyl (C=O) groups is 1. The topological polar surface area (TPSA) is 81.9 Å². The van der Waals surface area contributed by atoms with E-state index >= 15 is 0 Å². The van der Waals surface area contributed by atoms with Crippen LogP contribution in [0.3, 0.4) is 0 Å². The molecule has 0 spiro atoms. The summed E-state index contributed by atoms with van der Waals surface area (Å²) in [6, 6.07) is 0.173. The predicted octanol–water partition coefficient (Wildman–Crippen LogP) is 1.66. The first-order chi connectivity index (χ1) is 9.93. The molecular formula is C16H22N2O3. The molecular weight excluding hydrogens is 268 g/mol. The molecule has 5 nitrogen and oxygen atoms in total. The fourth-order valence-electron chi connectivity index (χ4n) is 2.72. The van der Waals surface area contributed by atoms with Crippen molar-refractivity contribution in [1.29, 1.82) is 0 Å². The Labute approximate surface area is 124 Å². The van der Waals surface area contributed by atoms with Gasteiger partial charge in [0.1, 0.15) is 5.76 Å². The zero-order valence-corrected chi connectivity index (χ0v) is 12.6. The van der Waals surface area contributed by atoms with Gasteiger partial charge in [0.2, 0.25) is 0 Å². The average Bonchev–Trinajstić information content (AvgIpc) is 2.45. The van der Waals surface area contributed by atoms with E-state index < -0.39 is 6.10 Å². The molecule has 2 rings (SSSR count). The Morgan fingerprint density at radius 1 is 1.38 bits per heavy atom. The molecule has 0 radical (unpaired) electrons. The number of aliphatic hydroxyl groups excluding tert-OH is 2. The maximum absolute atomic E-state index is 11.4. The van der Waals surface area contributed by atoms with Crippen molar-refractivity contribution in [3.05, 3.63) is 35.6 Å². The first-order valence-corrected chi connectivity index (χ1v) is 7.30. The van der Waals surface area contributed by atoms with Crippen LogP contribution in [0, 0.1) is 5.92 Å². The van der Waals surface area contributed by atoms with Crippen molar-refractivity contribution in [3.8, 4) is 0 Å². The van der Waals surface area contributed by atoms with E-state index in [1.54, 1.807) is 12.2 Å². The number of carbonyl (C=O) groups excluding carboxylic acids is 1. The van der Waals surface area contributed by atoms with Gasteiger partial charge in [-0.05, 0) is 18.1 Å². The molecule has 0 aromatic carbocycles. The number of fused-ring (bicyclic) bond motifs is 1. The van der Waals surface area contributed by atoms with Crippen LogP contribution in [-0.4, -0.2) is 40.0 Å². The lowest BCUT2D eigenvalue weighted by molar-refractivity contribution is -0.113. The summed E-state index contributed by atoms with van der Waals surface area (Å²) in [6.45, 7) is 6.07. The molecule has 1 aliphatic carbocycles. The summed E-state index contributed by atoms with van der Waals surface area (Å²) in [5, 5.41) is 23.9. The molecule has 0 saturated carbocycles. The number of hydrogen-bond donors (Lipinski definition) is 3. The first kappa shape index (κ1) is 15.7. The molecule has 114 valence electrons. The molecule has 3 N–H and O–H groups in total. The van der Waals surface area contributed by atoms with E-state index in [0.29, 0.717) is 5.71 Å². The van der Waals surface area contributed by atoms with Crippen molar-refractivity contribution in [2.45, 2.75) is 45.4 Å². The van der Waals surface area contributed by atoms with Crippen LogP contribution in [0.15, 0.2) is 40.6 Å². The van der Waals surface area contributed by atoms with Crippen molar-refractivity contribution in [1.82, 2.24) is 5.32 Å². The lowest BCUT2D eigenvalue weighted by Crippen LogP contribution is -2.46. The normalized spacial score (nSPS) is 24.1. The van der Waals surface area contributed by atoms with E-state index in [2.05, 4.69) is 10.3 Å². The Bertz CT molecular complexity index is 544. The third kappa shape index (κ3) is 3.31. The van der Waals surface area contributed by atoms with Gasteiger partial charge in [0.05, 0.1) is 11.8 Å². The largest absolute Gasteiger partial charge is 0.506 e. The fourth-order valence-corrected chi connectivity index (χ4v) is 2.72. The number of rotatable bonds is 5. The number of amides is 1. The standard InChI is InChI=1S/C16H22N2O3/c1-4-12(17-9(2)3)16(21)11-5-7-13(19)15-10(11)6-8-14(20)18-15/h5-10,12,16-17,19,21H,4H2,1-3H3/t10?,12-,16+/m0/s1. The van der Waals surface area contributed by atoms with Gasteiger partial charge in [-0.25, -0.2) is 4.99 Å². The van der Waals surface area contributed by atoms with Crippen molar-refractivity contribution in [2.24, 2.45) is 10.9 Å². The van der Waals surface area contributed by atoms with Crippen LogP contribution in [0.25, 0.3) is 0 Å². The van der Waals surface area contributed by atoms with Gasteiger partial charge >= 0.3 is 0 Å². The highest BCUT2D eigenvalue weighted by Crippen LogP contribution is 2.30. The maximum Gasteiger partial charge on any atom is 0.269 e. The van der Waals surface area contributed by atoms with Crippen LogP contribution in [-0.2, 0) is 4.79 Å². The van der Waals surface area contributed by atoms with Crippen LogP contribution in [0.2, 0.25) is 0 Å². The Kier molecular flexibility index (Phi) is 4.75. The van der Waals surface area contributed by atoms with Gasteiger partial charge in [-0.1, -0.05) is 32.9 Å². The fraction of sp³-hybridized carbons (Fsp3) is 0.500. The summed E-state index contributed by atoms with van der Waals surface area (Å²) in [4.78, 5) is 15.2. The molecule has 1 amide bonds. The van der Waals surface area contributed by atoms with Gasteiger partial charge < -0.3 is 15.5 Å². The van der Waals surface area contributed by atoms with Crippen molar-refractivity contribution in [3.63, 3.8) is 0 Å². The Morgan fingerprint density at radius 3 is 2.71 bits per heavy atom. The number of aliphatic imine (C=N–C) groups is 1.